The van der Waals surface area contributed by atoms with E-state index in [9.17, 15) is 4.79 Å². The van der Waals surface area contributed by atoms with Crippen molar-refractivity contribution in [2.75, 3.05) is 5.32 Å². The molecule has 4 aromatic rings. The summed E-state index contributed by atoms with van der Waals surface area (Å²) in [5.74, 6) is 1.21. The average Bonchev–Trinajstić information content (AvgIpc) is 3.40. The largest absolute Gasteiger partial charge is 0.485 e. The van der Waals surface area contributed by atoms with Crippen molar-refractivity contribution in [1.29, 1.82) is 0 Å². The first-order valence-corrected chi connectivity index (χ1v) is 10.6. The molecule has 164 valence electrons. The first-order chi connectivity index (χ1) is 15.4. The zero-order chi connectivity index (χ0) is 22.7. The number of nitrogens with zero attached hydrogens (tertiary/aromatic N) is 3. The van der Waals surface area contributed by atoms with Crippen molar-refractivity contribution in [3.05, 3.63) is 93.1 Å². The maximum absolute atomic E-state index is 12.5. The van der Waals surface area contributed by atoms with Gasteiger partial charge in [0.1, 0.15) is 24.4 Å². The molecule has 0 aliphatic rings. The number of anilines is 1. The predicted octanol–water partition coefficient (Wildman–Crippen LogP) is 5.67. The lowest BCUT2D eigenvalue weighted by molar-refractivity contribution is 0.0991. The molecule has 2 aromatic carbocycles. The third kappa shape index (κ3) is 5.12. The van der Waals surface area contributed by atoms with Crippen LogP contribution in [0.15, 0.2) is 59.3 Å². The van der Waals surface area contributed by atoms with E-state index >= 15 is 0 Å². The molecule has 0 aliphatic carbocycles. The summed E-state index contributed by atoms with van der Waals surface area (Å²) in [4.78, 5) is 16.6. The lowest BCUT2D eigenvalue weighted by Crippen LogP contribution is -2.12. The van der Waals surface area contributed by atoms with E-state index in [0.717, 1.165) is 22.4 Å². The Kier molecular flexibility index (Phi) is 6.48. The van der Waals surface area contributed by atoms with Crippen LogP contribution in [0.1, 0.15) is 33.0 Å². The Bertz CT molecular complexity index is 1250. The van der Waals surface area contributed by atoms with E-state index in [0.29, 0.717) is 22.4 Å². The van der Waals surface area contributed by atoms with Crippen molar-refractivity contribution < 1.29 is 13.9 Å². The number of carbonyl (C=O) groups excluding carboxylic acids is 1. The molecule has 2 heterocycles. The van der Waals surface area contributed by atoms with Gasteiger partial charge in [0.15, 0.2) is 5.76 Å². The highest BCUT2D eigenvalue weighted by atomic mass is 35.5. The van der Waals surface area contributed by atoms with E-state index in [1.807, 2.05) is 38.1 Å². The van der Waals surface area contributed by atoms with Gasteiger partial charge in [0.05, 0.1) is 16.6 Å². The second kappa shape index (κ2) is 9.46. The van der Waals surface area contributed by atoms with Gasteiger partial charge in [-0.2, -0.15) is 0 Å². The first-order valence-electron chi connectivity index (χ1n) is 9.81. The number of ether oxygens (including phenoxy) is 1. The number of hydrogen-bond acceptors (Lipinski definition) is 5. The van der Waals surface area contributed by atoms with Gasteiger partial charge in [-0.05, 0) is 54.8 Å². The summed E-state index contributed by atoms with van der Waals surface area (Å²) < 4.78 is 13.1. The summed E-state index contributed by atoms with van der Waals surface area (Å²) in [6.07, 6.45) is 1.52. The van der Waals surface area contributed by atoms with Gasteiger partial charge >= 0.3 is 0 Å². The maximum Gasteiger partial charge on any atom is 0.293 e. The van der Waals surface area contributed by atoms with Crippen LogP contribution < -0.4 is 10.1 Å². The fourth-order valence-electron chi connectivity index (χ4n) is 3.16. The van der Waals surface area contributed by atoms with E-state index in [1.165, 1.54) is 6.33 Å². The number of hydrogen-bond donors (Lipinski definition) is 1. The molecule has 4 rings (SSSR count). The number of carbonyl (C=O) groups is 1. The second-order valence-corrected chi connectivity index (χ2v) is 8.06. The zero-order valence-corrected chi connectivity index (χ0v) is 18.9. The van der Waals surface area contributed by atoms with E-state index in [1.54, 1.807) is 28.9 Å². The van der Waals surface area contributed by atoms with Gasteiger partial charge in [0.2, 0.25) is 5.95 Å². The van der Waals surface area contributed by atoms with Crippen LogP contribution in [0, 0.1) is 13.8 Å². The Morgan fingerprint density at radius 2 is 1.88 bits per heavy atom. The predicted molar refractivity (Wildman–Crippen MR) is 122 cm³/mol. The van der Waals surface area contributed by atoms with E-state index in [2.05, 4.69) is 15.4 Å². The molecule has 9 heteroatoms. The molecule has 0 spiro atoms. The summed E-state index contributed by atoms with van der Waals surface area (Å²) in [7, 11) is 0. The molecule has 0 atom stereocenters. The van der Waals surface area contributed by atoms with E-state index in [-0.39, 0.29) is 18.3 Å². The number of benzene rings is 2. The molecule has 7 nitrogen and oxygen atoms in total. The fourth-order valence-corrected chi connectivity index (χ4v) is 3.48. The summed E-state index contributed by atoms with van der Waals surface area (Å²) >= 11 is 12.0. The van der Waals surface area contributed by atoms with Gasteiger partial charge in [-0.25, -0.2) is 9.67 Å². The van der Waals surface area contributed by atoms with Crippen molar-refractivity contribution in [2.45, 2.75) is 27.0 Å². The monoisotopic (exact) mass is 470 g/mol. The number of aromatic nitrogens is 3. The molecular formula is C23H20Cl2N4O3. The maximum atomic E-state index is 12.5. The molecule has 1 amide bonds. The Morgan fingerprint density at radius 3 is 2.62 bits per heavy atom. The molecule has 32 heavy (non-hydrogen) atoms. The summed E-state index contributed by atoms with van der Waals surface area (Å²) in [6.45, 7) is 4.61. The van der Waals surface area contributed by atoms with Crippen LogP contribution in [0.3, 0.4) is 0 Å². The smallest absolute Gasteiger partial charge is 0.293 e. The molecule has 0 saturated carbocycles. The third-order valence-corrected chi connectivity index (χ3v) is 5.48. The molecule has 0 fully saturated rings. The van der Waals surface area contributed by atoms with Crippen LogP contribution in [0.2, 0.25) is 10.0 Å². The van der Waals surface area contributed by atoms with E-state index < -0.39 is 5.91 Å². The minimum absolute atomic E-state index is 0.144. The van der Waals surface area contributed by atoms with Crippen LogP contribution in [-0.2, 0) is 13.2 Å². The highest BCUT2D eigenvalue weighted by Crippen LogP contribution is 2.24. The van der Waals surface area contributed by atoms with Crippen LogP contribution in [0.25, 0.3) is 0 Å². The number of furan rings is 1. The number of amides is 1. The molecule has 1 N–H and O–H groups in total. The lowest BCUT2D eigenvalue weighted by Gasteiger charge is -2.10. The van der Waals surface area contributed by atoms with Crippen molar-refractivity contribution in [1.82, 2.24) is 14.8 Å². The zero-order valence-electron chi connectivity index (χ0n) is 17.4. The second-order valence-electron chi connectivity index (χ2n) is 7.24. The number of nitrogens with one attached hydrogen (secondary N) is 1. The van der Waals surface area contributed by atoms with Crippen molar-refractivity contribution in [3.8, 4) is 5.75 Å². The van der Waals surface area contributed by atoms with Gasteiger partial charge in [-0.1, -0.05) is 47.5 Å². The Balaban J connectivity index is 1.35. The van der Waals surface area contributed by atoms with Crippen molar-refractivity contribution in [3.63, 3.8) is 0 Å². The van der Waals surface area contributed by atoms with Crippen LogP contribution >= 0.6 is 23.2 Å². The highest BCUT2D eigenvalue weighted by molar-refractivity contribution is 6.42. The van der Waals surface area contributed by atoms with Crippen LogP contribution in [0.5, 0.6) is 5.75 Å². The number of halogens is 2. The molecule has 0 unspecified atom stereocenters. The highest BCUT2D eigenvalue weighted by Gasteiger charge is 2.15. The van der Waals surface area contributed by atoms with Crippen molar-refractivity contribution >= 4 is 35.1 Å². The minimum atomic E-state index is -0.449. The summed E-state index contributed by atoms with van der Waals surface area (Å²) in [5, 5.41) is 7.83. The molecule has 2 aromatic heterocycles. The van der Waals surface area contributed by atoms with Gasteiger partial charge in [0, 0.05) is 0 Å². The molecular weight excluding hydrogens is 451 g/mol. The van der Waals surface area contributed by atoms with Crippen LogP contribution in [-0.4, -0.2) is 20.7 Å². The number of aryl methyl sites for hydroxylation is 2. The van der Waals surface area contributed by atoms with Gasteiger partial charge in [0.25, 0.3) is 5.91 Å². The van der Waals surface area contributed by atoms with Gasteiger partial charge < -0.3 is 9.15 Å². The summed E-state index contributed by atoms with van der Waals surface area (Å²) in [5.41, 5.74) is 2.98. The Morgan fingerprint density at radius 1 is 1.09 bits per heavy atom. The number of para-hydroxylation sites is 1. The van der Waals surface area contributed by atoms with Gasteiger partial charge in [-0.15, -0.1) is 5.10 Å². The number of rotatable bonds is 7. The van der Waals surface area contributed by atoms with E-state index in [4.69, 9.17) is 32.4 Å². The molecule has 0 aliphatic heterocycles. The average molecular weight is 471 g/mol. The fraction of sp³-hybridized carbons (Fsp3) is 0.174. The molecule has 0 radical (unpaired) electrons. The molecule has 0 saturated heterocycles. The molecule has 0 bridgehead atoms. The SMILES string of the molecule is Cc1cccc(C)c1OCc1ccc(C(=O)Nc2ncn(Cc3ccc(Cl)c(Cl)c3)n2)o1. The topological polar surface area (TPSA) is 82.2 Å². The van der Waals surface area contributed by atoms with Crippen LogP contribution in [0.4, 0.5) is 5.95 Å². The minimum Gasteiger partial charge on any atom is -0.485 e. The standard InChI is InChI=1S/C23H20Cl2N4O3/c1-14-4-3-5-15(2)21(14)31-12-17-7-9-20(32-17)22(30)27-23-26-13-29(28-23)11-16-6-8-18(24)19(25)10-16/h3-10,13H,11-12H2,1-2H3,(H,27,28,30). The van der Waals surface area contributed by atoms with Crippen molar-refractivity contribution in [2.24, 2.45) is 0 Å². The quantitative estimate of drug-likeness (QED) is 0.375. The Hall–Kier alpha value is -3.29. The Labute approximate surface area is 194 Å². The third-order valence-electron chi connectivity index (χ3n) is 4.74. The van der Waals surface area contributed by atoms with Gasteiger partial charge in [-0.3, -0.25) is 10.1 Å². The lowest BCUT2D eigenvalue weighted by atomic mass is 10.1. The normalized spacial score (nSPS) is 10.9. The first kappa shape index (κ1) is 21.9. The summed E-state index contributed by atoms with van der Waals surface area (Å²) in [6, 6.07) is 14.6.